The van der Waals surface area contributed by atoms with Crippen molar-refractivity contribution < 1.29 is 0 Å². The van der Waals surface area contributed by atoms with E-state index in [1.54, 1.807) is 11.0 Å². The van der Waals surface area contributed by atoms with Gasteiger partial charge in [-0.25, -0.2) is 9.67 Å². The van der Waals surface area contributed by atoms with Gasteiger partial charge >= 0.3 is 0 Å². The molecule has 1 aliphatic heterocycles. The number of aromatic nitrogens is 6. The molecule has 3 aromatic rings. The smallest absolute Gasteiger partial charge is 0.206 e. The van der Waals surface area contributed by atoms with Crippen LogP contribution >= 0.6 is 24.0 Å². The highest BCUT2D eigenvalue weighted by atomic mass is 127. The molecule has 0 aliphatic carbocycles. The summed E-state index contributed by atoms with van der Waals surface area (Å²) in [6, 6.07) is 8.30. The van der Waals surface area contributed by atoms with Crippen LogP contribution in [0.5, 0.6) is 0 Å². The molecule has 9 heteroatoms. The second kappa shape index (κ2) is 7.88. The van der Waals surface area contributed by atoms with Crippen molar-refractivity contribution in [3.05, 3.63) is 30.6 Å². The summed E-state index contributed by atoms with van der Waals surface area (Å²) in [7, 11) is 0. The first-order valence-electron chi connectivity index (χ1n) is 8.03. The van der Waals surface area contributed by atoms with Crippen molar-refractivity contribution in [2.24, 2.45) is 0 Å². The number of rotatable bonds is 4. The largest absolute Gasteiger partial charge is 0.341 e. The zero-order valence-corrected chi connectivity index (χ0v) is 15.7. The quantitative estimate of drug-likeness (QED) is 0.614. The van der Waals surface area contributed by atoms with E-state index in [9.17, 15) is 0 Å². The Bertz CT molecular complexity index is 761. The summed E-state index contributed by atoms with van der Waals surface area (Å²) in [6.07, 6.45) is 2.78. The maximum absolute atomic E-state index is 4.88. The van der Waals surface area contributed by atoms with E-state index < -0.39 is 0 Å². The Labute approximate surface area is 157 Å². The Morgan fingerprint density at radius 1 is 1.08 bits per heavy atom. The van der Waals surface area contributed by atoms with Crippen LogP contribution in [0.2, 0.25) is 0 Å². The van der Waals surface area contributed by atoms with Crippen molar-refractivity contribution >= 4 is 41.0 Å². The van der Waals surface area contributed by atoms with Crippen molar-refractivity contribution in [3.8, 4) is 0 Å². The molecular formula is C15H21IN8. The average molecular weight is 440 g/mol. The molecule has 0 radical (unpaired) electrons. The summed E-state index contributed by atoms with van der Waals surface area (Å²) in [4.78, 5) is 7.25. The minimum Gasteiger partial charge on any atom is -0.341 e. The minimum absolute atomic E-state index is 0. The molecule has 4 rings (SSSR count). The second-order valence-corrected chi connectivity index (χ2v) is 5.72. The minimum atomic E-state index is 0. The van der Waals surface area contributed by atoms with Crippen LogP contribution in [0.1, 0.15) is 6.42 Å². The molecule has 1 fully saturated rings. The van der Waals surface area contributed by atoms with E-state index in [4.69, 9.17) is 4.98 Å². The number of halogens is 1. The van der Waals surface area contributed by atoms with Crippen LogP contribution in [-0.2, 0) is 13.1 Å². The highest BCUT2D eigenvalue weighted by molar-refractivity contribution is 14.0. The number of imidazole rings is 1. The number of hydrogen-bond donors (Lipinski definition) is 1. The fourth-order valence-corrected chi connectivity index (χ4v) is 3.06. The second-order valence-electron chi connectivity index (χ2n) is 5.72. The van der Waals surface area contributed by atoms with E-state index in [0.29, 0.717) is 0 Å². The van der Waals surface area contributed by atoms with E-state index >= 15 is 0 Å². The van der Waals surface area contributed by atoms with Crippen molar-refractivity contribution in [3.63, 3.8) is 0 Å². The summed E-state index contributed by atoms with van der Waals surface area (Å²) in [5.74, 6) is 1.04. The number of nitrogens with zero attached hydrogens (tertiary/aromatic N) is 7. The van der Waals surface area contributed by atoms with Crippen LogP contribution in [0.4, 0.5) is 5.95 Å². The molecule has 1 aromatic carbocycles. The van der Waals surface area contributed by atoms with Crippen LogP contribution in [-0.4, -0.2) is 55.9 Å². The highest BCUT2D eigenvalue weighted by Gasteiger charge is 2.18. The lowest BCUT2D eigenvalue weighted by molar-refractivity contribution is 0.523. The number of hydrogen-bond acceptors (Lipinski definition) is 6. The van der Waals surface area contributed by atoms with Crippen molar-refractivity contribution in [2.45, 2.75) is 19.5 Å². The van der Waals surface area contributed by atoms with Crippen LogP contribution in [0, 0.1) is 0 Å². The Kier molecular flexibility index (Phi) is 5.61. The Balaban J connectivity index is 0.00000169. The molecule has 1 aliphatic rings. The van der Waals surface area contributed by atoms with Gasteiger partial charge in [-0.3, -0.25) is 0 Å². The maximum Gasteiger partial charge on any atom is 0.206 e. The monoisotopic (exact) mass is 440 g/mol. The molecule has 24 heavy (non-hydrogen) atoms. The number of tetrazole rings is 1. The topological polar surface area (TPSA) is 76.7 Å². The average Bonchev–Trinajstić information content (AvgIpc) is 3.13. The van der Waals surface area contributed by atoms with Gasteiger partial charge in [0.05, 0.1) is 17.6 Å². The van der Waals surface area contributed by atoms with E-state index in [1.807, 2.05) is 6.07 Å². The lowest BCUT2D eigenvalue weighted by atomic mass is 10.3. The molecule has 0 atom stereocenters. The standard InChI is InChI=1S/C15H20N8.HI/c1-2-5-14-13(4-1)18-15(21-8-3-6-16-7-9-21)23(14)11-10-22-12-17-19-20-22;/h1-2,4-5,12,16H,3,6-11H2;1H. The van der Waals surface area contributed by atoms with Crippen LogP contribution < -0.4 is 10.2 Å². The molecule has 1 N–H and O–H groups in total. The molecule has 0 bridgehead atoms. The van der Waals surface area contributed by atoms with Gasteiger partial charge in [0.25, 0.3) is 0 Å². The summed E-state index contributed by atoms with van der Waals surface area (Å²) in [5.41, 5.74) is 2.20. The fraction of sp³-hybridized carbons (Fsp3) is 0.467. The summed E-state index contributed by atoms with van der Waals surface area (Å²) >= 11 is 0. The molecule has 0 saturated carbocycles. The molecule has 128 valence electrons. The number of benzene rings is 1. The Hall–Kier alpha value is -1.75. The molecule has 0 spiro atoms. The lowest BCUT2D eigenvalue weighted by Gasteiger charge is -2.22. The van der Waals surface area contributed by atoms with Crippen molar-refractivity contribution in [1.29, 1.82) is 0 Å². The normalized spacial score (nSPS) is 15.2. The SMILES string of the molecule is I.c1ccc2c(c1)nc(N1CCCNCC1)n2CCn1cnnn1. The van der Waals surface area contributed by atoms with Gasteiger partial charge in [0.2, 0.25) is 5.95 Å². The number of anilines is 1. The lowest BCUT2D eigenvalue weighted by Crippen LogP contribution is -2.30. The zero-order valence-electron chi connectivity index (χ0n) is 13.4. The molecule has 0 unspecified atom stereocenters. The predicted octanol–water partition coefficient (Wildman–Crippen LogP) is 1.14. The van der Waals surface area contributed by atoms with Crippen LogP contribution in [0.3, 0.4) is 0 Å². The number of fused-ring (bicyclic) bond motifs is 1. The van der Waals surface area contributed by atoms with Gasteiger partial charge in [-0.2, -0.15) is 0 Å². The molecule has 2 aromatic heterocycles. The molecular weight excluding hydrogens is 419 g/mol. The van der Waals surface area contributed by atoms with E-state index in [1.165, 1.54) is 0 Å². The van der Waals surface area contributed by atoms with Gasteiger partial charge in [0, 0.05) is 26.2 Å². The van der Waals surface area contributed by atoms with Gasteiger partial charge < -0.3 is 14.8 Å². The first-order valence-corrected chi connectivity index (χ1v) is 8.03. The van der Waals surface area contributed by atoms with Gasteiger partial charge in [-0.1, -0.05) is 12.1 Å². The first-order chi connectivity index (χ1) is 11.4. The third-order valence-corrected chi connectivity index (χ3v) is 4.20. The maximum atomic E-state index is 4.88. The van der Waals surface area contributed by atoms with Gasteiger partial charge in [-0.15, -0.1) is 29.1 Å². The number of para-hydroxylation sites is 2. The first kappa shape index (κ1) is 17.1. The third kappa shape index (κ3) is 3.51. The third-order valence-electron chi connectivity index (χ3n) is 4.20. The fourth-order valence-electron chi connectivity index (χ4n) is 3.06. The number of nitrogens with one attached hydrogen (secondary N) is 1. The molecule has 3 heterocycles. The Morgan fingerprint density at radius 3 is 2.88 bits per heavy atom. The van der Waals surface area contributed by atoms with E-state index in [2.05, 4.69) is 48.5 Å². The van der Waals surface area contributed by atoms with Crippen LogP contribution in [0.25, 0.3) is 11.0 Å². The van der Waals surface area contributed by atoms with Gasteiger partial charge in [0.1, 0.15) is 6.33 Å². The highest BCUT2D eigenvalue weighted by Crippen LogP contribution is 2.23. The zero-order chi connectivity index (χ0) is 15.5. The van der Waals surface area contributed by atoms with Crippen molar-refractivity contribution in [2.75, 3.05) is 31.1 Å². The van der Waals surface area contributed by atoms with Crippen molar-refractivity contribution in [1.82, 2.24) is 35.1 Å². The number of aryl methyl sites for hydroxylation is 2. The van der Waals surface area contributed by atoms with Crippen LogP contribution in [0.15, 0.2) is 30.6 Å². The summed E-state index contributed by atoms with van der Waals surface area (Å²) in [6.45, 7) is 5.60. The predicted molar refractivity (Wildman–Crippen MR) is 103 cm³/mol. The summed E-state index contributed by atoms with van der Waals surface area (Å²) < 4.78 is 4.03. The van der Waals surface area contributed by atoms with Gasteiger partial charge in [-0.05, 0) is 35.5 Å². The van der Waals surface area contributed by atoms with E-state index in [-0.39, 0.29) is 24.0 Å². The van der Waals surface area contributed by atoms with E-state index in [0.717, 1.165) is 62.7 Å². The summed E-state index contributed by atoms with van der Waals surface area (Å²) in [5, 5.41) is 14.8. The molecule has 0 amide bonds. The van der Waals surface area contributed by atoms with Gasteiger partial charge in [0.15, 0.2) is 0 Å². The Morgan fingerprint density at radius 2 is 2.00 bits per heavy atom. The molecule has 1 saturated heterocycles. The molecule has 8 nitrogen and oxygen atoms in total.